The van der Waals surface area contributed by atoms with E-state index in [-0.39, 0.29) is 17.8 Å². The van der Waals surface area contributed by atoms with Gasteiger partial charge in [0.25, 0.3) is 11.1 Å². The van der Waals surface area contributed by atoms with Crippen molar-refractivity contribution in [2.24, 2.45) is 0 Å². The van der Waals surface area contributed by atoms with Gasteiger partial charge in [-0.15, -0.1) is 0 Å². The van der Waals surface area contributed by atoms with Crippen LogP contribution in [0.25, 0.3) is 6.08 Å². The predicted octanol–water partition coefficient (Wildman–Crippen LogP) is 4.31. The van der Waals surface area contributed by atoms with Gasteiger partial charge in [0.2, 0.25) is 0 Å². The minimum absolute atomic E-state index is 0.141. The van der Waals surface area contributed by atoms with Crippen LogP contribution >= 0.6 is 11.8 Å². The standard InChI is InChI=1S/C18H18N2O3S/c1-11-4-6-14(8-12(11)2)19-10-20-17(21)16(24-18(20)22)9-15-7-5-13(3)23-15/h4-9,19H,10H2,1-3H3/b16-9-. The van der Waals surface area contributed by atoms with Gasteiger partial charge in [-0.2, -0.15) is 0 Å². The van der Waals surface area contributed by atoms with Gasteiger partial charge in [-0.1, -0.05) is 6.07 Å². The second kappa shape index (κ2) is 6.57. The molecule has 124 valence electrons. The number of anilines is 1. The summed E-state index contributed by atoms with van der Waals surface area (Å²) in [4.78, 5) is 26.1. The topological polar surface area (TPSA) is 62.6 Å². The van der Waals surface area contributed by atoms with Crippen molar-refractivity contribution in [1.82, 2.24) is 4.90 Å². The van der Waals surface area contributed by atoms with Crippen LogP contribution in [0, 0.1) is 20.8 Å². The SMILES string of the molecule is Cc1ccc(/C=C2\SC(=O)N(CNc3ccc(C)c(C)c3)C2=O)o1. The zero-order valence-corrected chi connectivity index (χ0v) is 14.6. The van der Waals surface area contributed by atoms with E-state index < -0.39 is 0 Å². The Morgan fingerprint density at radius 3 is 2.58 bits per heavy atom. The summed E-state index contributed by atoms with van der Waals surface area (Å²) in [7, 11) is 0. The van der Waals surface area contributed by atoms with Crippen molar-refractivity contribution in [3.63, 3.8) is 0 Å². The lowest BCUT2D eigenvalue weighted by Gasteiger charge is -2.15. The van der Waals surface area contributed by atoms with Gasteiger partial charge in [-0.05, 0) is 67.9 Å². The lowest BCUT2D eigenvalue weighted by Crippen LogP contribution is -2.33. The number of amides is 2. The number of benzene rings is 1. The molecule has 1 fully saturated rings. The summed E-state index contributed by atoms with van der Waals surface area (Å²) in [5.41, 5.74) is 3.23. The van der Waals surface area contributed by atoms with Crippen molar-refractivity contribution in [3.8, 4) is 0 Å². The van der Waals surface area contributed by atoms with Crippen LogP contribution in [0.3, 0.4) is 0 Å². The zero-order valence-electron chi connectivity index (χ0n) is 13.8. The summed E-state index contributed by atoms with van der Waals surface area (Å²) in [6.07, 6.45) is 1.61. The highest BCUT2D eigenvalue weighted by Gasteiger charge is 2.35. The number of hydrogen-bond acceptors (Lipinski definition) is 5. The first-order chi connectivity index (χ1) is 11.4. The molecule has 2 heterocycles. The van der Waals surface area contributed by atoms with E-state index in [9.17, 15) is 9.59 Å². The Morgan fingerprint density at radius 1 is 1.12 bits per heavy atom. The van der Waals surface area contributed by atoms with Crippen LogP contribution in [0.4, 0.5) is 10.5 Å². The van der Waals surface area contributed by atoms with Crippen LogP contribution in [0.2, 0.25) is 0 Å². The van der Waals surface area contributed by atoms with Crippen LogP contribution in [-0.2, 0) is 4.79 Å². The molecule has 1 aliphatic heterocycles. The first-order valence-corrected chi connectivity index (χ1v) is 8.38. The van der Waals surface area contributed by atoms with Gasteiger partial charge in [0, 0.05) is 11.8 Å². The van der Waals surface area contributed by atoms with Gasteiger partial charge >= 0.3 is 0 Å². The van der Waals surface area contributed by atoms with E-state index in [1.54, 1.807) is 12.1 Å². The van der Waals surface area contributed by atoms with Crippen molar-refractivity contribution in [2.45, 2.75) is 20.8 Å². The number of carbonyl (C=O) groups is 2. The third kappa shape index (κ3) is 3.38. The molecule has 5 nitrogen and oxygen atoms in total. The van der Waals surface area contributed by atoms with E-state index >= 15 is 0 Å². The van der Waals surface area contributed by atoms with Gasteiger partial charge in [-0.3, -0.25) is 14.5 Å². The van der Waals surface area contributed by atoms with Gasteiger partial charge in [0.1, 0.15) is 11.5 Å². The Hall–Kier alpha value is -2.47. The fraction of sp³-hybridized carbons (Fsp3) is 0.222. The molecule has 2 amide bonds. The van der Waals surface area contributed by atoms with E-state index in [0.717, 1.165) is 28.8 Å². The normalized spacial score (nSPS) is 16.3. The molecular weight excluding hydrogens is 324 g/mol. The summed E-state index contributed by atoms with van der Waals surface area (Å²) in [6, 6.07) is 9.53. The molecule has 0 bridgehead atoms. The van der Waals surface area contributed by atoms with Gasteiger partial charge in [-0.25, -0.2) is 0 Å². The highest BCUT2D eigenvalue weighted by atomic mass is 32.2. The third-order valence-corrected chi connectivity index (χ3v) is 4.76. The number of thioether (sulfide) groups is 1. The zero-order chi connectivity index (χ0) is 17.3. The average Bonchev–Trinajstić information content (AvgIpc) is 3.05. The molecule has 0 unspecified atom stereocenters. The van der Waals surface area contributed by atoms with Crippen LogP contribution in [0.15, 0.2) is 39.7 Å². The molecule has 1 aliphatic rings. The Labute approximate surface area is 144 Å². The molecule has 24 heavy (non-hydrogen) atoms. The Kier molecular flexibility index (Phi) is 4.49. The third-order valence-electron chi connectivity index (χ3n) is 3.86. The van der Waals surface area contributed by atoms with Crippen LogP contribution < -0.4 is 5.32 Å². The molecule has 0 radical (unpaired) electrons. The molecule has 6 heteroatoms. The van der Waals surface area contributed by atoms with E-state index in [1.165, 1.54) is 10.5 Å². The minimum atomic E-state index is -0.310. The van der Waals surface area contributed by atoms with Gasteiger partial charge in [0.15, 0.2) is 0 Å². The Morgan fingerprint density at radius 2 is 1.92 bits per heavy atom. The van der Waals surface area contributed by atoms with E-state index in [0.29, 0.717) is 10.7 Å². The number of imide groups is 1. The van der Waals surface area contributed by atoms with Gasteiger partial charge < -0.3 is 9.73 Å². The Balaban J connectivity index is 1.70. The fourth-order valence-electron chi connectivity index (χ4n) is 2.32. The number of hydrogen-bond donors (Lipinski definition) is 1. The first kappa shape index (κ1) is 16.4. The van der Waals surface area contributed by atoms with E-state index in [4.69, 9.17) is 4.42 Å². The van der Waals surface area contributed by atoms with Crippen molar-refractivity contribution in [1.29, 1.82) is 0 Å². The quantitative estimate of drug-likeness (QED) is 0.839. The number of nitrogens with one attached hydrogen (secondary N) is 1. The summed E-state index contributed by atoms with van der Waals surface area (Å²) < 4.78 is 5.43. The summed E-state index contributed by atoms with van der Waals surface area (Å²) in [6.45, 7) is 6.03. The van der Waals surface area contributed by atoms with Crippen molar-refractivity contribution in [2.75, 3.05) is 12.0 Å². The maximum atomic E-state index is 12.4. The molecule has 0 aliphatic carbocycles. The molecule has 0 atom stereocenters. The second-order valence-corrected chi connectivity index (χ2v) is 6.69. The highest BCUT2D eigenvalue weighted by Crippen LogP contribution is 2.32. The summed E-state index contributed by atoms with van der Waals surface area (Å²) in [5.74, 6) is 1.02. The molecule has 2 aromatic rings. The van der Waals surface area contributed by atoms with Crippen LogP contribution in [0.1, 0.15) is 22.6 Å². The number of furan rings is 1. The van der Waals surface area contributed by atoms with Crippen LogP contribution in [0.5, 0.6) is 0 Å². The Bertz CT molecular complexity index is 839. The van der Waals surface area contributed by atoms with E-state index in [2.05, 4.69) is 5.32 Å². The largest absolute Gasteiger partial charge is 0.462 e. The van der Waals surface area contributed by atoms with E-state index in [1.807, 2.05) is 45.0 Å². The number of nitrogens with zero attached hydrogens (tertiary/aromatic N) is 1. The van der Waals surface area contributed by atoms with Crippen molar-refractivity contribution in [3.05, 3.63) is 57.9 Å². The molecule has 0 saturated carbocycles. The van der Waals surface area contributed by atoms with Crippen LogP contribution in [-0.4, -0.2) is 22.7 Å². The summed E-state index contributed by atoms with van der Waals surface area (Å²) >= 11 is 0.925. The smallest absolute Gasteiger partial charge is 0.295 e. The van der Waals surface area contributed by atoms with Crippen molar-refractivity contribution < 1.29 is 14.0 Å². The maximum absolute atomic E-state index is 12.4. The molecule has 1 N–H and O–H groups in total. The predicted molar refractivity (Wildman–Crippen MR) is 95.7 cm³/mol. The first-order valence-electron chi connectivity index (χ1n) is 7.57. The average molecular weight is 342 g/mol. The lowest BCUT2D eigenvalue weighted by atomic mass is 10.1. The summed E-state index contributed by atoms with van der Waals surface area (Å²) in [5, 5.41) is 2.84. The maximum Gasteiger partial charge on any atom is 0.295 e. The van der Waals surface area contributed by atoms with Crippen molar-refractivity contribution >= 4 is 34.7 Å². The minimum Gasteiger partial charge on any atom is -0.462 e. The molecule has 3 rings (SSSR count). The molecule has 1 aromatic heterocycles. The highest BCUT2D eigenvalue weighted by molar-refractivity contribution is 8.18. The van der Waals surface area contributed by atoms with Gasteiger partial charge in [0.05, 0.1) is 11.6 Å². The molecule has 0 spiro atoms. The lowest BCUT2D eigenvalue weighted by molar-refractivity contribution is -0.122. The molecular formula is C18H18N2O3S. The number of carbonyl (C=O) groups excluding carboxylic acids is 2. The molecule has 1 aromatic carbocycles. The second-order valence-electron chi connectivity index (χ2n) is 5.69. The monoisotopic (exact) mass is 342 g/mol. The fourth-order valence-corrected chi connectivity index (χ4v) is 3.14. The molecule has 1 saturated heterocycles. The number of aryl methyl sites for hydroxylation is 3. The number of rotatable bonds is 4.